The van der Waals surface area contributed by atoms with Crippen molar-refractivity contribution < 1.29 is 4.74 Å². The summed E-state index contributed by atoms with van der Waals surface area (Å²) >= 11 is 5.47. The van der Waals surface area contributed by atoms with Gasteiger partial charge in [-0.3, -0.25) is 4.90 Å². The number of hydrogen-bond acceptors (Lipinski definition) is 3. The predicted molar refractivity (Wildman–Crippen MR) is 94.0 cm³/mol. The van der Waals surface area contributed by atoms with Crippen LogP contribution in [0.4, 0.5) is 0 Å². The molecule has 2 N–H and O–H groups in total. The van der Waals surface area contributed by atoms with Gasteiger partial charge in [-0.25, -0.2) is 0 Å². The van der Waals surface area contributed by atoms with Gasteiger partial charge in [0, 0.05) is 25.7 Å². The van der Waals surface area contributed by atoms with Crippen LogP contribution in [0.3, 0.4) is 0 Å². The highest BCUT2D eigenvalue weighted by molar-refractivity contribution is 7.80. The third-order valence-electron chi connectivity index (χ3n) is 5.83. The van der Waals surface area contributed by atoms with Gasteiger partial charge in [-0.15, -0.1) is 0 Å². The molecule has 1 aliphatic heterocycles. The van der Waals surface area contributed by atoms with E-state index in [4.69, 9.17) is 17.0 Å². The van der Waals surface area contributed by atoms with E-state index in [1.54, 1.807) is 0 Å². The zero-order chi connectivity index (χ0) is 15.4. The van der Waals surface area contributed by atoms with Gasteiger partial charge >= 0.3 is 0 Å². The van der Waals surface area contributed by atoms with Gasteiger partial charge < -0.3 is 15.4 Å². The number of nitrogens with zero attached hydrogens (tertiary/aromatic N) is 1. The molecule has 0 unspecified atom stereocenters. The van der Waals surface area contributed by atoms with E-state index >= 15 is 0 Å². The zero-order valence-electron chi connectivity index (χ0n) is 13.9. The van der Waals surface area contributed by atoms with Crippen molar-refractivity contribution in [3.05, 3.63) is 0 Å². The first-order valence-electron chi connectivity index (χ1n) is 9.07. The lowest BCUT2D eigenvalue weighted by Crippen LogP contribution is -2.45. The van der Waals surface area contributed by atoms with Crippen LogP contribution in [0, 0.1) is 17.8 Å². The second-order valence-corrected chi connectivity index (χ2v) is 7.74. The molecule has 0 amide bonds. The molecule has 4 atom stereocenters. The molecule has 5 heteroatoms. The molecule has 0 aromatic carbocycles. The minimum atomic E-state index is 0.523. The van der Waals surface area contributed by atoms with Gasteiger partial charge in [0.05, 0.1) is 13.2 Å². The van der Waals surface area contributed by atoms with Crippen LogP contribution < -0.4 is 10.6 Å². The Hall–Kier alpha value is -0.390. The van der Waals surface area contributed by atoms with Gasteiger partial charge in [0.25, 0.3) is 0 Å². The standard InChI is InChI=1S/C17H31N3OS/c1-13(16-12-14-3-4-15(16)11-14)19-17(22)18-5-2-6-20-7-9-21-10-8-20/h13-16H,2-12H2,1H3,(H2,18,19,22)/t13-,14+,15-,16+/m0/s1. The van der Waals surface area contributed by atoms with Crippen molar-refractivity contribution in [3.8, 4) is 0 Å². The maximum absolute atomic E-state index is 5.47. The van der Waals surface area contributed by atoms with E-state index in [0.717, 1.165) is 68.7 Å². The number of rotatable bonds is 6. The van der Waals surface area contributed by atoms with Gasteiger partial charge in [-0.05, 0) is 69.1 Å². The van der Waals surface area contributed by atoms with Crippen LogP contribution >= 0.6 is 12.2 Å². The molecule has 0 aromatic rings. The third-order valence-corrected chi connectivity index (χ3v) is 6.10. The molecule has 2 aliphatic carbocycles. The van der Waals surface area contributed by atoms with Crippen LogP contribution in [0.25, 0.3) is 0 Å². The Morgan fingerprint density at radius 2 is 2.09 bits per heavy atom. The molecule has 0 aromatic heterocycles. The van der Waals surface area contributed by atoms with Gasteiger partial charge in [-0.1, -0.05) is 6.42 Å². The highest BCUT2D eigenvalue weighted by Gasteiger charge is 2.41. The quantitative estimate of drug-likeness (QED) is 0.577. The molecular weight excluding hydrogens is 294 g/mol. The Balaban J connectivity index is 1.27. The molecule has 1 saturated heterocycles. The maximum atomic E-state index is 5.47. The Morgan fingerprint density at radius 1 is 1.27 bits per heavy atom. The minimum Gasteiger partial charge on any atom is -0.379 e. The number of hydrogen-bond donors (Lipinski definition) is 2. The van der Waals surface area contributed by atoms with E-state index in [9.17, 15) is 0 Å². The topological polar surface area (TPSA) is 36.5 Å². The Labute approximate surface area is 140 Å². The van der Waals surface area contributed by atoms with E-state index in [2.05, 4.69) is 22.5 Å². The minimum absolute atomic E-state index is 0.523. The summed E-state index contributed by atoms with van der Waals surface area (Å²) < 4.78 is 5.37. The summed E-state index contributed by atoms with van der Waals surface area (Å²) in [6.45, 7) is 8.33. The summed E-state index contributed by atoms with van der Waals surface area (Å²) in [6, 6.07) is 0.523. The van der Waals surface area contributed by atoms with Crippen molar-refractivity contribution in [2.45, 2.75) is 45.1 Å². The van der Waals surface area contributed by atoms with E-state index in [0.29, 0.717) is 6.04 Å². The molecule has 4 nitrogen and oxygen atoms in total. The van der Waals surface area contributed by atoms with Gasteiger partial charge in [0.1, 0.15) is 0 Å². The average Bonchev–Trinajstić information content (AvgIpc) is 3.15. The number of nitrogens with one attached hydrogen (secondary N) is 2. The fourth-order valence-corrected chi connectivity index (χ4v) is 4.89. The van der Waals surface area contributed by atoms with Gasteiger partial charge in [0.15, 0.2) is 5.11 Å². The van der Waals surface area contributed by atoms with Crippen LogP contribution in [0.2, 0.25) is 0 Å². The number of ether oxygens (including phenoxy) is 1. The van der Waals surface area contributed by atoms with Crippen LogP contribution in [-0.2, 0) is 4.74 Å². The number of thiocarbonyl (C=S) groups is 1. The second kappa shape index (κ2) is 7.93. The average molecular weight is 326 g/mol. The Morgan fingerprint density at radius 3 is 2.77 bits per heavy atom. The monoisotopic (exact) mass is 325 g/mol. The SMILES string of the molecule is C[C@H](NC(=S)NCCCN1CCOCC1)[C@H]1C[C@@H]2CC[C@H]1C2. The summed E-state index contributed by atoms with van der Waals surface area (Å²) in [5.41, 5.74) is 0. The van der Waals surface area contributed by atoms with Crippen molar-refractivity contribution in [1.29, 1.82) is 0 Å². The summed E-state index contributed by atoms with van der Waals surface area (Å²) in [4.78, 5) is 2.47. The lowest BCUT2D eigenvalue weighted by molar-refractivity contribution is 0.0376. The van der Waals surface area contributed by atoms with Crippen LogP contribution in [0.1, 0.15) is 39.0 Å². The lowest BCUT2D eigenvalue weighted by atomic mass is 9.84. The molecular formula is C17H31N3OS. The van der Waals surface area contributed by atoms with Crippen molar-refractivity contribution in [2.75, 3.05) is 39.4 Å². The molecule has 22 heavy (non-hydrogen) atoms. The summed E-state index contributed by atoms with van der Waals surface area (Å²) in [5.74, 6) is 2.80. The highest BCUT2D eigenvalue weighted by Crippen LogP contribution is 2.49. The predicted octanol–water partition coefficient (Wildman–Crippen LogP) is 2.00. The zero-order valence-corrected chi connectivity index (χ0v) is 14.7. The largest absolute Gasteiger partial charge is 0.379 e. The molecule has 2 saturated carbocycles. The van der Waals surface area contributed by atoms with Crippen molar-refractivity contribution >= 4 is 17.3 Å². The Bertz CT molecular complexity index is 373. The first-order valence-corrected chi connectivity index (χ1v) is 9.47. The molecule has 0 radical (unpaired) electrons. The molecule has 3 aliphatic rings. The maximum Gasteiger partial charge on any atom is 0.166 e. The van der Waals surface area contributed by atoms with Crippen molar-refractivity contribution in [2.24, 2.45) is 17.8 Å². The fraction of sp³-hybridized carbons (Fsp3) is 0.941. The number of fused-ring (bicyclic) bond motifs is 2. The first-order chi connectivity index (χ1) is 10.7. The van der Waals surface area contributed by atoms with Crippen molar-refractivity contribution in [3.63, 3.8) is 0 Å². The molecule has 2 bridgehead atoms. The van der Waals surface area contributed by atoms with E-state index in [1.165, 1.54) is 25.7 Å². The third kappa shape index (κ3) is 4.33. The van der Waals surface area contributed by atoms with Crippen LogP contribution in [0.5, 0.6) is 0 Å². The summed E-state index contributed by atoms with van der Waals surface area (Å²) in [6.07, 6.45) is 6.94. The van der Waals surface area contributed by atoms with Crippen LogP contribution in [-0.4, -0.2) is 55.4 Å². The molecule has 3 fully saturated rings. The second-order valence-electron chi connectivity index (χ2n) is 7.34. The van der Waals surface area contributed by atoms with Gasteiger partial charge in [-0.2, -0.15) is 0 Å². The van der Waals surface area contributed by atoms with E-state index in [-0.39, 0.29) is 0 Å². The lowest BCUT2D eigenvalue weighted by Gasteiger charge is -2.29. The fourth-order valence-electron chi connectivity index (χ4n) is 4.60. The molecule has 0 spiro atoms. The van der Waals surface area contributed by atoms with Gasteiger partial charge in [0.2, 0.25) is 0 Å². The Kier molecular flexibility index (Phi) is 5.94. The molecule has 3 rings (SSSR count). The van der Waals surface area contributed by atoms with E-state index in [1.807, 2.05) is 0 Å². The summed E-state index contributed by atoms with van der Waals surface area (Å²) in [5, 5.41) is 7.76. The van der Waals surface area contributed by atoms with E-state index < -0.39 is 0 Å². The highest BCUT2D eigenvalue weighted by atomic mass is 32.1. The normalized spacial score (nSPS) is 32.9. The summed E-state index contributed by atoms with van der Waals surface area (Å²) in [7, 11) is 0. The first kappa shape index (κ1) is 16.5. The smallest absolute Gasteiger partial charge is 0.166 e. The van der Waals surface area contributed by atoms with Crippen molar-refractivity contribution in [1.82, 2.24) is 15.5 Å². The molecule has 1 heterocycles. The van der Waals surface area contributed by atoms with Crippen LogP contribution in [0.15, 0.2) is 0 Å². The number of morpholine rings is 1. The molecule has 126 valence electrons.